The van der Waals surface area contributed by atoms with Crippen molar-refractivity contribution in [2.75, 3.05) is 13.2 Å². The molecule has 2 aliphatic rings. The fourth-order valence-corrected chi connectivity index (χ4v) is 3.62. The van der Waals surface area contributed by atoms with Crippen molar-refractivity contribution in [3.8, 4) is 5.75 Å². The van der Waals surface area contributed by atoms with Gasteiger partial charge in [-0.3, -0.25) is 0 Å². The molecule has 2 amide bonds. The minimum atomic E-state index is -0.745. The second-order valence-corrected chi connectivity index (χ2v) is 6.87. The van der Waals surface area contributed by atoms with Gasteiger partial charge in [0.2, 0.25) is 0 Å². The number of nitrogens with one attached hydrogen (secondary N) is 2. The summed E-state index contributed by atoms with van der Waals surface area (Å²) in [5.41, 5.74) is 0.162. The summed E-state index contributed by atoms with van der Waals surface area (Å²) in [5, 5.41) is 16.7. The van der Waals surface area contributed by atoms with E-state index in [0.717, 1.165) is 44.1 Å². The highest BCUT2D eigenvalue weighted by molar-refractivity contribution is 6.32. The number of fused-ring (bicyclic) bond motifs is 1. The molecule has 1 aromatic rings. The predicted octanol–water partition coefficient (Wildman–Crippen LogP) is 3.16. The number of benzene rings is 1. The van der Waals surface area contributed by atoms with Crippen LogP contribution in [-0.4, -0.2) is 29.9 Å². The van der Waals surface area contributed by atoms with Crippen molar-refractivity contribution in [1.29, 1.82) is 0 Å². The fraction of sp³-hybridized carbons (Fsp3) is 0.588. The Hall–Kier alpha value is -1.46. The first-order valence-corrected chi connectivity index (χ1v) is 8.63. The van der Waals surface area contributed by atoms with E-state index in [1.807, 2.05) is 12.1 Å². The van der Waals surface area contributed by atoms with Crippen LogP contribution in [0.3, 0.4) is 0 Å². The summed E-state index contributed by atoms with van der Waals surface area (Å²) in [7, 11) is 0. The molecular formula is C17H23ClN2O3. The van der Waals surface area contributed by atoms with E-state index in [1.54, 1.807) is 6.07 Å². The first-order chi connectivity index (χ1) is 11.1. The Morgan fingerprint density at radius 1 is 1.35 bits per heavy atom. The van der Waals surface area contributed by atoms with Crippen LogP contribution in [-0.2, 0) is 0 Å². The molecule has 1 aliphatic carbocycles. The molecule has 3 rings (SSSR count). The first-order valence-electron chi connectivity index (χ1n) is 8.25. The molecule has 0 radical (unpaired) electrons. The second kappa shape index (κ2) is 6.97. The average Bonchev–Trinajstić information content (AvgIpc) is 2.86. The predicted molar refractivity (Wildman–Crippen MR) is 88.9 cm³/mol. The van der Waals surface area contributed by atoms with E-state index in [9.17, 15) is 9.90 Å². The van der Waals surface area contributed by atoms with Gasteiger partial charge in [0.15, 0.2) is 0 Å². The molecular weight excluding hydrogens is 316 g/mol. The highest BCUT2D eigenvalue weighted by atomic mass is 35.5. The van der Waals surface area contributed by atoms with Crippen LogP contribution >= 0.6 is 11.6 Å². The van der Waals surface area contributed by atoms with E-state index in [2.05, 4.69) is 10.6 Å². The van der Waals surface area contributed by atoms with Crippen LogP contribution in [0.2, 0.25) is 5.02 Å². The van der Waals surface area contributed by atoms with Gasteiger partial charge in [0.1, 0.15) is 5.75 Å². The molecule has 1 aliphatic heterocycles. The molecule has 0 aromatic heterocycles. The maximum Gasteiger partial charge on any atom is 0.315 e. The smallest absolute Gasteiger partial charge is 0.315 e. The molecule has 1 saturated carbocycles. The maximum atomic E-state index is 12.2. The zero-order valence-electron chi connectivity index (χ0n) is 13.1. The molecule has 0 spiro atoms. The third kappa shape index (κ3) is 3.90. The Balaban J connectivity index is 1.63. The number of amides is 2. The van der Waals surface area contributed by atoms with Gasteiger partial charge < -0.3 is 20.5 Å². The molecule has 1 atom stereocenters. The second-order valence-electron chi connectivity index (χ2n) is 6.46. The van der Waals surface area contributed by atoms with Gasteiger partial charge in [-0.25, -0.2) is 4.79 Å². The Labute approximate surface area is 141 Å². The molecule has 3 N–H and O–H groups in total. The number of para-hydroxylation sites is 1. The molecule has 126 valence electrons. The zero-order chi connectivity index (χ0) is 16.3. The van der Waals surface area contributed by atoms with Crippen LogP contribution in [0.1, 0.15) is 50.1 Å². The van der Waals surface area contributed by atoms with Crippen LogP contribution in [0.5, 0.6) is 5.75 Å². The van der Waals surface area contributed by atoms with Crippen LogP contribution < -0.4 is 15.4 Å². The minimum absolute atomic E-state index is 0.135. The van der Waals surface area contributed by atoms with Gasteiger partial charge in [-0.2, -0.15) is 0 Å². The number of rotatable bonds is 3. The van der Waals surface area contributed by atoms with Crippen LogP contribution in [0.15, 0.2) is 18.2 Å². The molecule has 1 fully saturated rings. The van der Waals surface area contributed by atoms with E-state index in [0.29, 0.717) is 23.9 Å². The Morgan fingerprint density at radius 2 is 2.13 bits per heavy atom. The normalized spacial score (nSPS) is 22.6. The van der Waals surface area contributed by atoms with Crippen LogP contribution in [0.4, 0.5) is 4.79 Å². The largest absolute Gasteiger partial charge is 0.492 e. The SMILES string of the molecule is O=C(NCC1(O)CCCC1)NC1CCCOc2c(Cl)cccc21. The molecule has 1 unspecified atom stereocenters. The summed E-state index contributed by atoms with van der Waals surface area (Å²) < 4.78 is 5.70. The van der Waals surface area contributed by atoms with Gasteiger partial charge in [0.05, 0.1) is 23.3 Å². The lowest BCUT2D eigenvalue weighted by molar-refractivity contribution is 0.0500. The summed E-state index contributed by atoms with van der Waals surface area (Å²) >= 11 is 6.20. The van der Waals surface area contributed by atoms with Crippen molar-refractivity contribution in [2.45, 2.75) is 50.2 Å². The van der Waals surface area contributed by atoms with Gasteiger partial charge in [-0.15, -0.1) is 0 Å². The number of carbonyl (C=O) groups excluding carboxylic acids is 1. The number of hydrogen-bond acceptors (Lipinski definition) is 3. The van der Waals surface area contributed by atoms with Crippen molar-refractivity contribution in [1.82, 2.24) is 10.6 Å². The monoisotopic (exact) mass is 338 g/mol. The fourth-order valence-electron chi connectivity index (χ4n) is 3.38. The third-order valence-electron chi connectivity index (χ3n) is 4.67. The van der Waals surface area contributed by atoms with Gasteiger partial charge >= 0.3 is 6.03 Å². The van der Waals surface area contributed by atoms with Crippen LogP contribution in [0, 0.1) is 0 Å². The molecule has 1 heterocycles. The number of halogens is 1. The standard InChI is InChI=1S/C17H23ClN2O3/c18-13-6-3-5-12-14(7-4-10-23-15(12)13)20-16(21)19-11-17(22)8-1-2-9-17/h3,5-6,14,22H,1-2,4,7-11H2,(H2,19,20,21). The van der Waals surface area contributed by atoms with Crippen molar-refractivity contribution in [2.24, 2.45) is 0 Å². The number of ether oxygens (including phenoxy) is 1. The number of urea groups is 1. The van der Waals surface area contributed by atoms with Gasteiger partial charge in [0, 0.05) is 12.1 Å². The number of aliphatic hydroxyl groups is 1. The number of carbonyl (C=O) groups is 1. The lowest BCUT2D eigenvalue weighted by atomic mass is 10.0. The summed E-state index contributed by atoms with van der Waals surface area (Å²) in [6.07, 6.45) is 5.19. The average molecular weight is 339 g/mol. The van der Waals surface area contributed by atoms with Crippen molar-refractivity contribution >= 4 is 17.6 Å². The lowest BCUT2D eigenvalue weighted by Gasteiger charge is -2.24. The van der Waals surface area contributed by atoms with E-state index in [4.69, 9.17) is 16.3 Å². The topological polar surface area (TPSA) is 70.6 Å². The quantitative estimate of drug-likeness (QED) is 0.792. The molecule has 6 heteroatoms. The van der Waals surface area contributed by atoms with Gasteiger partial charge in [-0.1, -0.05) is 36.6 Å². The van der Waals surface area contributed by atoms with Gasteiger partial charge in [-0.05, 0) is 31.7 Å². The maximum absolute atomic E-state index is 12.2. The summed E-state index contributed by atoms with van der Waals surface area (Å²) in [6, 6.07) is 5.19. The molecule has 1 aromatic carbocycles. The van der Waals surface area contributed by atoms with Crippen molar-refractivity contribution in [3.05, 3.63) is 28.8 Å². The Bertz CT molecular complexity index is 573. The molecule has 0 saturated heterocycles. The highest BCUT2D eigenvalue weighted by Crippen LogP contribution is 2.36. The van der Waals surface area contributed by atoms with E-state index < -0.39 is 5.60 Å². The molecule has 0 bridgehead atoms. The van der Waals surface area contributed by atoms with E-state index in [1.165, 1.54) is 0 Å². The highest BCUT2D eigenvalue weighted by Gasteiger charge is 2.31. The summed E-state index contributed by atoms with van der Waals surface area (Å²) in [6.45, 7) is 0.890. The van der Waals surface area contributed by atoms with E-state index >= 15 is 0 Å². The van der Waals surface area contributed by atoms with Crippen LogP contribution in [0.25, 0.3) is 0 Å². The minimum Gasteiger partial charge on any atom is -0.492 e. The Kier molecular flexibility index (Phi) is 4.97. The summed E-state index contributed by atoms with van der Waals surface area (Å²) in [4.78, 5) is 12.2. The molecule has 23 heavy (non-hydrogen) atoms. The first kappa shape index (κ1) is 16.4. The zero-order valence-corrected chi connectivity index (χ0v) is 13.9. The van der Waals surface area contributed by atoms with Crippen molar-refractivity contribution < 1.29 is 14.6 Å². The van der Waals surface area contributed by atoms with Crippen molar-refractivity contribution in [3.63, 3.8) is 0 Å². The lowest BCUT2D eigenvalue weighted by Crippen LogP contribution is -2.45. The molecule has 5 nitrogen and oxygen atoms in total. The summed E-state index contributed by atoms with van der Waals surface area (Å²) in [5.74, 6) is 0.659. The Morgan fingerprint density at radius 3 is 2.91 bits per heavy atom. The van der Waals surface area contributed by atoms with Gasteiger partial charge in [0.25, 0.3) is 0 Å². The van der Waals surface area contributed by atoms with E-state index in [-0.39, 0.29) is 12.1 Å². The number of hydrogen-bond donors (Lipinski definition) is 3. The third-order valence-corrected chi connectivity index (χ3v) is 4.97.